The van der Waals surface area contributed by atoms with Crippen LogP contribution in [0.15, 0.2) is 22.6 Å². The average molecular weight is 358 g/mol. The quantitative estimate of drug-likeness (QED) is 0.827. The molecule has 1 fully saturated rings. The van der Waals surface area contributed by atoms with E-state index in [9.17, 15) is 9.59 Å². The molecule has 0 radical (unpaired) electrons. The molecule has 2 aliphatic rings. The molecule has 2 aromatic heterocycles. The van der Waals surface area contributed by atoms with Gasteiger partial charge in [0.25, 0.3) is 5.56 Å². The fraction of sp³-hybridized carbons (Fsp3) is 0.500. The monoisotopic (exact) mass is 358 g/mol. The Bertz CT molecular complexity index is 866. The summed E-state index contributed by atoms with van der Waals surface area (Å²) >= 11 is 1.85. The van der Waals surface area contributed by atoms with Gasteiger partial charge in [-0.05, 0) is 37.3 Å². The third-order valence-electron chi connectivity index (χ3n) is 5.39. The maximum Gasteiger partial charge on any atom is 0.256 e. The van der Waals surface area contributed by atoms with Crippen molar-refractivity contribution in [3.05, 3.63) is 49.8 Å². The van der Waals surface area contributed by atoms with Crippen LogP contribution in [-0.2, 0) is 24.3 Å². The number of amides is 1. The minimum atomic E-state index is -0.126. The van der Waals surface area contributed by atoms with Crippen LogP contribution in [0, 0.1) is 13.8 Å². The van der Waals surface area contributed by atoms with Crippen molar-refractivity contribution in [2.75, 3.05) is 19.6 Å². The van der Waals surface area contributed by atoms with Gasteiger partial charge in [-0.3, -0.25) is 19.1 Å². The number of hydrogen-bond acceptors (Lipinski definition) is 5. The zero-order chi connectivity index (χ0) is 17.6. The molecular weight excluding hydrogens is 336 g/mol. The molecule has 0 saturated carbocycles. The first-order chi connectivity index (χ1) is 12.0. The third kappa shape index (κ3) is 3.02. The lowest BCUT2D eigenvalue weighted by atomic mass is 10.0. The smallest absolute Gasteiger partial charge is 0.256 e. The number of nitrogens with zero attached hydrogens (tertiary/aromatic N) is 4. The zero-order valence-corrected chi connectivity index (χ0v) is 15.4. The zero-order valence-electron chi connectivity index (χ0n) is 14.6. The van der Waals surface area contributed by atoms with Crippen LogP contribution < -0.4 is 5.56 Å². The number of carbonyl (C=O) groups excluding carboxylic acids is 1. The van der Waals surface area contributed by atoms with Crippen LogP contribution in [0.2, 0.25) is 0 Å². The number of aryl methyl sites for hydroxylation is 1. The van der Waals surface area contributed by atoms with E-state index < -0.39 is 0 Å². The Balaban J connectivity index is 1.34. The molecule has 4 rings (SSSR count). The SMILES string of the molecule is Cc1ncn(CC(=O)N2CC(N3CCc4sccc4C3)C2)c(=O)c1C. The Labute approximate surface area is 150 Å². The van der Waals surface area contributed by atoms with Crippen molar-refractivity contribution in [1.82, 2.24) is 19.4 Å². The molecule has 0 aliphatic carbocycles. The normalized spacial score (nSPS) is 18.1. The van der Waals surface area contributed by atoms with Gasteiger partial charge in [0, 0.05) is 48.4 Å². The Morgan fingerprint density at radius 1 is 1.36 bits per heavy atom. The van der Waals surface area contributed by atoms with Crippen LogP contribution in [0.3, 0.4) is 0 Å². The molecule has 0 atom stereocenters. The highest BCUT2D eigenvalue weighted by Gasteiger charge is 2.36. The highest BCUT2D eigenvalue weighted by molar-refractivity contribution is 7.10. The number of fused-ring (bicyclic) bond motifs is 1. The first-order valence-electron chi connectivity index (χ1n) is 8.62. The van der Waals surface area contributed by atoms with E-state index in [1.807, 2.05) is 16.2 Å². The van der Waals surface area contributed by atoms with Gasteiger partial charge >= 0.3 is 0 Å². The molecule has 0 unspecified atom stereocenters. The van der Waals surface area contributed by atoms with E-state index in [0.717, 1.165) is 38.3 Å². The molecule has 0 N–H and O–H groups in total. The summed E-state index contributed by atoms with van der Waals surface area (Å²) in [5, 5.41) is 2.17. The van der Waals surface area contributed by atoms with Crippen LogP contribution in [0.5, 0.6) is 0 Å². The summed E-state index contributed by atoms with van der Waals surface area (Å²) in [7, 11) is 0. The summed E-state index contributed by atoms with van der Waals surface area (Å²) in [6.45, 7) is 7.21. The van der Waals surface area contributed by atoms with Crippen molar-refractivity contribution in [1.29, 1.82) is 0 Å². The first kappa shape index (κ1) is 16.5. The van der Waals surface area contributed by atoms with Crippen LogP contribution in [-0.4, -0.2) is 50.9 Å². The van der Waals surface area contributed by atoms with Gasteiger partial charge in [-0.25, -0.2) is 4.98 Å². The summed E-state index contributed by atoms with van der Waals surface area (Å²) in [5.41, 5.74) is 2.64. The lowest BCUT2D eigenvalue weighted by molar-refractivity contribution is -0.139. The molecule has 0 bridgehead atoms. The molecule has 2 aromatic rings. The largest absolute Gasteiger partial charge is 0.338 e. The van der Waals surface area contributed by atoms with Gasteiger partial charge in [0.1, 0.15) is 6.54 Å². The molecule has 7 heteroatoms. The minimum absolute atomic E-state index is 0.00312. The molecule has 1 amide bonds. The Hall–Kier alpha value is -1.99. The molecule has 132 valence electrons. The second-order valence-electron chi connectivity index (χ2n) is 6.93. The van der Waals surface area contributed by atoms with Crippen molar-refractivity contribution < 1.29 is 4.79 Å². The van der Waals surface area contributed by atoms with E-state index >= 15 is 0 Å². The van der Waals surface area contributed by atoms with Gasteiger partial charge in [0.15, 0.2) is 0 Å². The Kier molecular flexibility index (Phi) is 4.21. The molecule has 0 spiro atoms. The Morgan fingerprint density at radius 2 is 2.16 bits per heavy atom. The van der Waals surface area contributed by atoms with E-state index in [2.05, 4.69) is 21.3 Å². The number of carbonyl (C=O) groups is 1. The van der Waals surface area contributed by atoms with Crippen LogP contribution in [0.1, 0.15) is 21.7 Å². The van der Waals surface area contributed by atoms with Gasteiger partial charge in [-0.15, -0.1) is 11.3 Å². The van der Waals surface area contributed by atoms with E-state index in [0.29, 0.717) is 11.6 Å². The van der Waals surface area contributed by atoms with Gasteiger partial charge < -0.3 is 4.90 Å². The highest BCUT2D eigenvalue weighted by Crippen LogP contribution is 2.27. The average Bonchev–Trinajstić information content (AvgIpc) is 3.02. The molecule has 6 nitrogen and oxygen atoms in total. The van der Waals surface area contributed by atoms with E-state index in [1.54, 1.807) is 13.8 Å². The lowest BCUT2D eigenvalue weighted by Crippen LogP contribution is -2.62. The van der Waals surface area contributed by atoms with Gasteiger partial charge in [-0.1, -0.05) is 0 Å². The number of thiophene rings is 1. The lowest BCUT2D eigenvalue weighted by Gasteiger charge is -2.46. The van der Waals surface area contributed by atoms with Crippen molar-refractivity contribution in [3.8, 4) is 0 Å². The maximum absolute atomic E-state index is 12.5. The molecule has 0 aromatic carbocycles. The summed E-state index contributed by atoms with van der Waals surface area (Å²) in [6.07, 6.45) is 2.59. The van der Waals surface area contributed by atoms with Gasteiger partial charge in [0.2, 0.25) is 5.91 Å². The van der Waals surface area contributed by atoms with Gasteiger partial charge in [-0.2, -0.15) is 0 Å². The number of aromatic nitrogens is 2. The minimum Gasteiger partial charge on any atom is -0.338 e. The summed E-state index contributed by atoms with van der Waals surface area (Å²) in [4.78, 5) is 34.7. The van der Waals surface area contributed by atoms with Crippen molar-refractivity contribution in [3.63, 3.8) is 0 Å². The van der Waals surface area contributed by atoms with Crippen LogP contribution >= 0.6 is 11.3 Å². The molecule has 1 saturated heterocycles. The van der Waals surface area contributed by atoms with E-state index in [1.165, 1.54) is 21.3 Å². The number of rotatable bonds is 3. The topological polar surface area (TPSA) is 58.4 Å². The summed E-state index contributed by atoms with van der Waals surface area (Å²) in [5.74, 6) is -0.00312. The molecule has 4 heterocycles. The van der Waals surface area contributed by atoms with Crippen molar-refractivity contribution >= 4 is 17.2 Å². The maximum atomic E-state index is 12.5. The number of likely N-dealkylation sites (tertiary alicyclic amines) is 1. The van der Waals surface area contributed by atoms with E-state index in [-0.39, 0.29) is 18.0 Å². The third-order valence-corrected chi connectivity index (χ3v) is 6.41. The predicted molar refractivity (Wildman–Crippen MR) is 96.8 cm³/mol. The van der Waals surface area contributed by atoms with Crippen molar-refractivity contribution in [2.45, 2.75) is 39.4 Å². The second-order valence-corrected chi connectivity index (χ2v) is 7.93. The second kappa shape index (κ2) is 6.38. The van der Waals surface area contributed by atoms with Crippen molar-refractivity contribution in [2.24, 2.45) is 0 Å². The van der Waals surface area contributed by atoms with E-state index in [4.69, 9.17) is 0 Å². The standard InChI is InChI=1S/C18H22N4O2S/c1-12-13(2)19-11-22(18(12)24)10-17(23)21-8-15(9-21)20-5-3-16-14(7-20)4-6-25-16/h4,6,11,15H,3,5,7-10H2,1-2H3. The predicted octanol–water partition coefficient (Wildman–Crippen LogP) is 1.19. The summed E-state index contributed by atoms with van der Waals surface area (Å²) < 4.78 is 1.41. The van der Waals surface area contributed by atoms with Crippen LogP contribution in [0.25, 0.3) is 0 Å². The first-order valence-corrected chi connectivity index (χ1v) is 9.50. The molecule has 25 heavy (non-hydrogen) atoms. The number of hydrogen-bond donors (Lipinski definition) is 0. The Morgan fingerprint density at radius 3 is 2.96 bits per heavy atom. The fourth-order valence-corrected chi connectivity index (χ4v) is 4.40. The van der Waals surface area contributed by atoms with Gasteiger partial charge in [0.05, 0.1) is 6.33 Å². The summed E-state index contributed by atoms with van der Waals surface area (Å²) in [6, 6.07) is 2.65. The molecule has 2 aliphatic heterocycles. The highest BCUT2D eigenvalue weighted by atomic mass is 32.1. The van der Waals surface area contributed by atoms with Crippen LogP contribution in [0.4, 0.5) is 0 Å². The fourth-order valence-electron chi connectivity index (χ4n) is 3.51. The molecular formula is C18H22N4O2S.